The van der Waals surface area contributed by atoms with Gasteiger partial charge in [-0.2, -0.15) is 0 Å². The summed E-state index contributed by atoms with van der Waals surface area (Å²) in [6.45, 7) is 3.46. The number of piperidine rings is 1. The van der Waals surface area contributed by atoms with E-state index in [0.29, 0.717) is 0 Å². The number of hydrogen-bond acceptors (Lipinski definition) is 3. The third-order valence-corrected chi connectivity index (χ3v) is 2.67. The molecule has 2 N–H and O–H groups in total. The summed E-state index contributed by atoms with van der Waals surface area (Å²) >= 11 is 0. The number of rotatable bonds is 5. The quantitative estimate of drug-likeness (QED) is 0.668. The molecular formula is C12H22N2O. The van der Waals surface area contributed by atoms with Gasteiger partial charge in [0, 0.05) is 13.6 Å². The largest absolute Gasteiger partial charge is 0.394 e. The van der Waals surface area contributed by atoms with Gasteiger partial charge in [-0.25, -0.2) is 0 Å². The van der Waals surface area contributed by atoms with Crippen molar-refractivity contribution in [1.29, 1.82) is 0 Å². The Bertz CT molecular complexity index is 218. The van der Waals surface area contributed by atoms with Crippen molar-refractivity contribution >= 4 is 0 Å². The highest BCUT2D eigenvalue weighted by Gasteiger charge is 2.10. The summed E-state index contributed by atoms with van der Waals surface area (Å²) < 4.78 is 0. The van der Waals surface area contributed by atoms with Gasteiger partial charge in [-0.05, 0) is 43.8 Å². The summed E-state index contributed by atoms with van der Waals surface area (Å²) in [5.74, 6) is 0. The van der Waals surface area contributed by atoms with E-state index in [2.05, 4.69) is 10.2 Å². The van der Waals surface area contributed by atoms with E-state index in [1.54, 1.807) is 0 Å². The number of nitrogens with zero attached hydrogens (tertiary/aromatic N) is 1. The lowest BCUT2D eigenvalue weighted by Crippen LogP contribution is -2.31. The molecule has 0 aromatic rings. The van der Waals surface area contributed by atoms with Crippen molar-refractivity contribution in [2.75, 3.05) is 33.3 Å². The van der Waals surface area contributed by atoms with Crippen molar-refractivity contribution in [3.05, 3.63) is 23.9 Å². The minimum atomic E-state index is 0.122. The topological polar surface area (TPSA) is 35.5 Å². The second kappa shape index (κ2) is 7.49. The lowest BCUT2D eigenvalue weighted by molar-refractivity contribution is 0.247. The SMILES string of the molecule is CN/C=C\C(=C/CO)CN1CCCCC1. The van der Waals surface area contributed by atoms with E-state index < -0.39 is 0 Å². The predicted octanol–water partition coefficient (Wildman–Crippen LogP) is 1.12. The third kappa shape index (κ3) is 5.00. The molecule has 0 bridgehead atoms. The maximum atomic E-state index is 8.92. The Balaban J connectivity index is 2.42. The molecule has 1 aliphatic rings. The van der Waals surface area contributed by atoms with Gasteiger partial charge < -0.3 is 10.4 Å². The lowest BCUT2D eigenvalue weighted by Gasteiger charge is -2.26. The highest BCUT2D eigenvalue weighted by atomic mass is 16.2. The Morgan fingerprint density at radius 3 is 2.67 bits per heavy atom. The molecular weight excluding hydrogens is 188 g/mol. The fraction of sp³-hybridized carbons (Fsp3) is 0.667. The van der Waals surface area contributed by atoms with Crippen LogP contribution in [-0.2, 0) is 0 Å². The molecule has 1 heterocycles. The second-order valence-corrected chi connectivity index (χ2v) is 3.92. The molecule has 0 aromatic heterocycles. The van der Waals surface area contributed by atoms with Crippen molar-refractivity contribution in [1.82, 2.24) is 10.2 Å². The Hall–Kier alpha value is -0.800. The molecule has 0 spiro atoms. The van der Waals surface area contributed by atoms with Crippen LogP contribution in [0.5, 0.6) is 0 Å². The first-order chi connectivity index (χ1) is 7.36. The molecule has 0 aromatic carbocycles. The summed E-state index contributed by atoms with van der Waals surface area (Å²) in [4.78, 5) is 2.45. The molecule has 1 aliphatic heterocycles. The van der Waals surface area contributed by atoms with E-state index in [1.165, 1.54) is 37.9 Å². The van der Waals surface area contributed by atoms with E-state index in [0.717, 1.165) is 6.54 Å². The van der Waals surface area contributed by atoms with Crippen molar-refractivity contribution in [2.45, 2.75) is 19.3 Å². The van der Waals surface area contributed by atoms with E-state index in [1.807, 2.05) is 25.4 Å². The van der Waals surface area contributed by atoms with Crippen molar-refractivity contribution in [3.63, 3.8) is 0 Å². The van der Waals surface area contributed by atoms with Crippen LogP contribution in [0.1, 0.15) is 19.3 Å². The number of nitrogens with one attached hydrogen (secondary N) is 1. The molecule has 1 fully saturated rings. The molecule has 0 amide bonds. The predicted molar refractivity (Wildman–Crippen MR) is 63.7 cm³/mol. The maximum Gasteiger partial charge on any atom is 0.0618 e. The Morgan fingerprint density at radius 2 is 2.07 bits per heavy atom. The van der Waals surface area contributed by atoms with Crippen LogP contribution < -0.4 is 5.32 Å². The number of aliphatic hydroxyl groups excluding tert-OH is 1. The summed E-state index contributed by atoms with van der Waals surface area (Å²) in [5, 5.41) is 11.9. The van der Waals surface area contributed by atoms with Crippen LogP contribution >= 0.6 is 0 Å². The van der Waals surface area contributed by atoms with E-state index in [9.17, 15) is 0 Å². The van der Waals surface area contributed by atoms with Crippen molar-refractivity contribution in [2.24, 2.45) is 0 Å². The summed E-state index contributed by atoms with van der Waals surface area (Å²) in [6, 6.07) is 0. The number of aliphatic hydroxyl groups is 1. The summed E-state index contributed by atoms with van der Waals surface area (Å²) in [7, 11) is 1.88. The van der Waals surface area contributed by atoms with Crippen molar-refractivity contribution in [3.8, 4) is 0 Å². The molecule has 0 unspecified atom stereocenters. The van der Waals surface area contributed by atoms with Gasteiger partial charge in [0.25, 0.3) is 0 Å². The molecule has 15 heavy (non-hydrogen) atoms. The second-order valence-electron chi connectivity index (χ2n) is 3.92. The molecule has 1 saturated heterocycles. The average molecular weight is 210 g/mol. The van der Waals surface area contributed by atoms with Crippen LogP contribution in [0.4, 0.5) is 0 Å². The molecule has 86 valence electrons. The number of likely N-dealkylation sites (tertiary alicyclic amines) is 1. The molecule has 3 nitrogen and oxygen atoms in total. The van der Waals surface area contributed by atoms with Gasteiger partial charge in [0.15, 0.2) is 0 Å². The van der Waals surface area contributed by atoms with E-state index >= 15 is 0 Å². The molecule has 0 radical (unpaired) electrons. The first kappa shape index (κ1) is 12.3. The zero-order valence-corrected chi connectivity index (χ0v) is 9.58. The van der Waals surface area contributed by atoms with Crippen molar-refractivity contribution < 1.29 is 5.11 Å². The van der Waals surface area contributed by atoms with Gasteiger partial charge in [0.1, 0.15) is 0 Å². The highest BCUT2D eigenvalue weighted by molar-refractivity contribution is 5.20. The Labute approximate surface area is 92.5 Å². The smallest absolute Gasteiger partial charge is 0.0618 e. The molecule has 0 atom stereocenters. The molecule has 1 rings (SSSR count). The number of hydrogen-bond donors (Lipinski definition) is 2. The normalized spacial score (nSPS) is 19.7. The van der Waals surface area contributed by atoms with Gasteiger partial charge in [-0.15, -0.1) is 0 Å². The first-order valence-electron chi connectivity index (χ1n) is 5.73. The first-order valence-corrected chi connectivity index (χ1v) is 5.73. The van der Waals surface area contributed by atoms with Crippen LogP contribution in [0, 0.1) is 0 Å². The minimum absolute atomic E-state index is 0.122. The highest BCUT2D eigenvalue weighted by Crippen LogP contribution is 2.11. The maximum absolute atomic E-state index is 8.92. The Kier molecular flexibility index (Phi) is 6.12. The fourth-order valence-electron chi connectivity index (χ4n) is 1.87. The molecule has 0 saturated carbocycles. The van der Waals surface area contributed by atoms with Crippen LogP contribution in [0.3, 0.4) is 0 Å². The average Bonchev–Trinajstić information content (AvgIpc) is 2.28. The van der Waals surface area contributed by atoms with Gasteiger partial charge in [0.05, 0.1) is 6.61 Å². The van der Waals surface area contributed by atoms with Crippen LogP contribution in [-0.4, -0.2) is 43.3 Å². The van der Waals surface area contributed by atoms with Gasteiger partial charge in [-0.1, -0.05) is 12.5 Å². The third-order valence-electron chi connectivity index (χ3n) is 2.67. The molecule has 0 aliphatic carbocycles. The summed E-state index contributed by atoms with van der Waals surface area (Å²) in [6.07, 6.45) is 9.80. The minimum Gasteiger partial charge on any atom is -0.394 e. The summed E-state index contributed by atoms with van der Waals surface area (Å²) in [5.41, 5.74) is 1.19. The van der Waals surface area contributed by atoms with Gasteiger partial charge in [-0.3, -0.25) is 4.90 Å². The Morgan fingerprint density at radius 1 is 1.33 bits per heavy atom. The fourth-order valence-corrected chi connectivity index (χ4v) is 1.87. The standard InChI is InChI=1S/C12H22N2O/c1-13-7-5-12(6-10-15)11-14-8-3-2-4-9-14/h5-7,13,15H,2-4,8-11H2,1H3/b7-5-,12-6+. The van der Waals surface area contributed by atoms with Crippen LogP contribution in [0.25, 0.3) is 0 Å². The van der Waals surface area contributed by atoms with E-state index in [4.69, 9.17) is 5.11 Å². The van der Waals surface area contributed by atoms with Crippen LogP contribution in [0.2, 0.25) is 0 Å². The van der Waals surface area contributed by atoms with Crippen LogP contribution in [0.15, 0.2) is 23.9 Å². The van der Waals surface area contributed by atoms with Gasteiger partial charge >= 0.3 is 0 Å². The van der Waals surface area contributed by atoms with Gasteiger partial charge in [0.2, 0.25) is 0 Å². The zero-order chi connectivity index (χ0) is 10.9. The van der Waals surface area contributed by atoms with E-state index in [-0.39, 0.29) is 6.61 Å². The monoisotopic (exact) mass is 210 g/mol. The molecule has 3 heteroatoms. The lowest BCUT2D eigenvalue weighted by atomic mass is 10.1. The zero-order valence-electron chi connectivity index (χ0n) is 9.58.